The fourth-order valence-corrected chi connectivity index (χ4v) is 3.88. The first-order valence-electron chi connectivity index (χ1n) is 7.96. The highest BCUT2D eigenvalue weighted by Crippen LogP contribution is 2.30. The van der Waals surface area contributed by atoms with Crippen LogP contribution in [0.15, 0.2) is 22.6 Å². The van der Waals surface area contributed by atoms with E-state index >= 15 is 0 Å². The molecule has 2 aromatic rings. The molecule has 130 valence electrons. The lowest BCUT2D eigenvalue weighted by Gasteiger charge is -2.39. The van der Waals surface area contributed by atoms with Crippen LogP contribution < -0.4 is 10.9 Å². The zero-order valence-electron chi connectivity index (χ0n) is 13.9. The van der Waals surface area contributed by atoms with Gasteiger partial charge in [-0.2, -0.15) is 0 Å². The third-order valence-corrected chi connectivity index (χ3v) is 5.19. The van der Waals surface area contributed by atoms with Crippen LogP contribution in [0.25, 0.3) is 4.96 Å². The minimum Gasteiger partial charge on any atom is -0.381 e. The van der Waals surface area contributed by atoms with Crippen molar-refractivity contribution >= 4 is 22.2 Å². The number of nitrogens with zero attached hydrogens (tertiary/aromatic N) is 3. The molecule has 0 aliphatic carbocycles. The maximum absolute atomic E-state index is 12.5. The van der Waals surface area contributed by atoms with Crippen molar-refractivity contribution in [2.24, 2.45) is 5.41 Å². The zero-order valence-corrected chi connectivity index (χ0v) is 14.8. The minimum atomic E-state index is -0.363. The summed E-state index contributed by atoms with van der Waals surface area (Å²) >= 11 is 1.36. The second-order valence-electron chi connectivity index (χ2n) is 6.57. The maximum atomic E-state index is 12.5. The first kappa shape index (κ1) is 17.1. The third kappa shape index (κ3) is 3.50. The lowest BCUT2D eigenvalue weighted by Crippen LogP contribution is -2.47. The lowest BCUT2D eigenvalue weighted by molar-refractivity contribution is 0.00284. The summed E-state index contributed by atoms with van der Waals surface area (Å²) in [7, 11) is 4.06. The van der Waals surface area contributed by atoms with Gasteiger partial charge in [-0.15, -0.1) is 11.3 Å². The predicted octanol–water partition coefficient (Wildman–Crippen LogP) is 0.844. The molecule has 3 rings (SSSR count). The molecule has 1 saturated heterocycles. The van der Waals surface area contributed by atoms with Crippen LogP contribution in [0.2, 0.25) is 0 Å². The minimum absolute atomic E-state index is 0.0203. The van der Waals surface area contributed by atoms with Crippen LogP contribution in [0.1, 0.15) is 23.2 Å². The van der Waals surface area contributed by atoms with Crippen molar-refractivity contribution in [1.29, 1.82) is 0 Å². The van der Waals surface area contributed by atoms with E-state index in [2.05, 4.69) is 15.2 Å². The van der Waals surface area contributed by atoms with Crippen LogP contribution in [0.5, 0.6) is 0 Å². The van der Waals surface area contributed by atoms with Gasteiger partial charge in [-0.05, 0) is 26.9 Å². The van der Waals surface area contributed by atoms with E-state index in [1.807, 2.05) is 14.1 Å². The van der Waals surface area contributed by atoms with Gasteiger partial charge in [0.1, 0.15) is 5.56 Å². The van der Waals surface area contributed by atoms with Crippen molar-refractivity contribution in [1.82, 2.24) is 19.6 Å². The van der Waals surface area contributed by atoms with E-state index in [0.29, 0.717) is 24.7 Å². The molecule has 0 radical (unpaired) electrons. The van der Waals surface area contributed by atoms with E-state index < -0.39 is 0 Å². The van der Waals surface area contributed by atoms with Gasteiger partial charge in [0.05, 0.1) is 0 Å². The first-order chi connectivity index (χ1) is 11.5. The Kier molecular flexibility index (Phi) is 4.98. The highest BCUT2D eigenvalue weighted by Gasteiger charge is 2.33. The highest BCUT2D eigenvalue weighted by atomic mass is 32.1. The summed E-state index contributed by atoms with van der Waals surface area (Å²) in [6, 6.07) is 0. The van der Waals surface area contributed by atoms with Crippen LogP contribution in [0, 0.1) is 5.41 Å². The molecule has 1 fully saturated rings. The first-order valence-corrected chi connectivity index (χ1v) is 8.84. The number of rotatable bonds is 5. The molecule has 1 N–H and O–H groups in total. The van der Waals surface area contributed by atoms with Crippen molar-refractivity contribution in [3.05, 3.63) is 33.7 Å². The second-order valence-corrected chi connectivity index (χ2v) is 7.44. The highest BCUT2D eigenvalue weighted by molar-refractivity contribution is 7.15. The Balaban J connectivity index is 1.75. The van der Waals surface area contributed by atoms with Crippen molar-refractivity contribution < 1.29 is 9.53 Å². The van der Waals surface area contributed by atoms with Crippen LogP contribution in [-0.4, -0.2) is 60.6 Å². The van der Waals surface area contributed by atoms with Crippen LogP contribution >= 0.6 is 11.3 Å². The average molecular weight is 350 g/mol. The van der Waals surface area contributed by atoms with E-state index in [1.165, 1.54) is 21.9 Å². The molecule has 3 heterocycles. The summed E-state index contributed by atoms with van der Waals surface area (Å²) < 4.78 is 6.87. The Bertz CT molecular complexity index is 777. The standard InChI is InChI=1S/C16H22N4O3S/c1-19(2)11-16(3-6-23-7-4-16)10-18-13(21)12-9-17-15-20(14(12)22)5-8-24-15/h5,8-9H,3-4,6-7,10-11H2,1-2H3,(H,18,21). The molecule has 0 aromatic carbocycles. The SMILES string of the molecule is CN(C)CC1(CNC(=O)c2cnc3sccn3c2=O)CCOCC1. The number of aromatic nitrogens is 2. The van der Waals surface area contributed by atoms with Crippen LogP contribution in [0.3, 0.4) is 0 Å². The molecule has 1 aliphatic heterocycles. The number of carbonyl (C=O) groups is 1. The quantitative estimate of drug-likeness (QED) is 0.865. The summed E-state index contributed by atoms with van der Waals surface area (Å²) in [6.45, 7) is 2.81. The third-order valence-electron chi connectivity index (χ3n) is 4.42. The topological polar surface area (TPSA) is 75.9 Å². The molecule has 0 bridgehead atoms. The van der Waals surface area contributed by atoms with Crippen molar-refractivity contribution in [2.75, 3.05) is 40.4 Å². The maximum Gasteiger partial charge on any atom is 0.271 e. The normalized spacial score (nSPS) is 17.3. The number of thiazole rings is 1. The Morgan fingerprint density at radius 1 is 1.46 bits per heavy atom. The number of ether oxygens (including phenoxy) is 1. The number of fused-ring (bicyclic) bond motifs is 1. The van der Waals surface area contributed by atoms with Gasteiger partial charge in [0.15, 0.2) is 4.96 Å². The van der Waals surface area contributed by atoms with E-state index in [9.17, 15) is 9.59 Å². The van der Waals surface area contributed by atoms with Crippen LogP contribution in [-0.2, 0) is 4.74 Å². The molecule has 0 atom stereocenters. The lowest BCUT2D eigenvalue weighted by atomic mass is 9.79. The largest absolute Gasteiger partial charge is 0.381 e. The molecule has 2 aromatic heterocycles. The Labute approximate surface area is 144 Å². The van der Waals surface area contributed by atoms with Gasteiger partial charge >= 0.3 is 0 Å². The Morgan fingerprint density at radius 2 is 2.21 bits per heavy atom. The zero-order chi connectivity index (χ0) is 17.2. The smallest absolute Gasteiger partial charge is 0.271 e. The van der Waals surface area contributed by atoms with Gasteiger partial charge in [0, 0.05) is 49.5 Å². The molecule has 7 nitrogen and oxygen atoms in total. The van der Waals surface area contributed by atoms with E-state index in [4.69, 9.17) is 4.74 Å². The Morgan fingerprint density at radius 3 is 2.92 bits per heavy atom. The van der Waals surface area contributed by atoms with Gasteiger partial charge < -0.3 is 15.0 Å². The average Bonchev–Trinajstić information content (AvgIpc) is 3.03. The van der Waals surface area contributed by atoms with Crippen LogP contribution in [0.4, 0.5) is 0 Å². The molecule has 1 aliphatic rings. The molecule has 1 amide bonds. The fourth-order valence-electron chi connectivity index (χ4n) is 3.21. The van der Waals surface area contributed by atoms with Crippen molar-refractivity contribution in [3.63, 3.8) is 0 Å². The van der Waals surface area contributed by atoms with Crippen molar-refractivity contribution in [3.8, 4) is 0 Å². The summed E-state index contributed by atoms with van der Waals surface area (Å²) in [5, 5.41) is 4.72. The Hall–Kier alpha value is -1.77. The number of carbonyl (C=O) groups excluding carboxylic acids is 1. The van der Waals surface area contributed by atoms with Gasteiger partial charge in [0.25, 0.3) is 11.5 Å². The number of hydrogen-bond donors (Lipinski definition) is 1. The van der Waals surface area contributed by atoms with Gasteiger partial charge in [0.2, 0.25) is 0 Å². The number of nitrogens with one attached hydrogen (secondary N) is 1. The van der Waals surface area contributed by atoms with Gasteiger partial charge in [-0.25, -0.2) is 4.98 Å². The summed E-state index contributed by atoms with van der Waals surface area (Å²) in [6.07, 6.45) is 4.79. The van der Waals surface area contributed by atoms with Gasteiger partial charge in [-0.3, -0.25) is 14.0 Å². The van der Waals surface area contributed by atoms with E-state index in [1.54, 1.807) is 11.6 Å². The summed E-state index contributed by atoms with van der Waals surface area (Å²) in [4.78, 5) is 31.8. The number of amides is 1. The summed E-state index contributed by atoms with van der Waals surface area (Å²) in [5.41, 5.74) is -0.265. The van der Waals surface area contributed by atoms with Gasteiger partial charge in [-0.1, -0.05) is 0 Å². The van der Waals surface area contributed by atoms with E-state index in [0.717, 1.165) is 19.4 Å². The fraction of sp³-hybridized carbons (Fsp3) is 0.562. The molecule has 24 heavy (non-hydrogen) atoms. The molecule has 0 unspecified atom stereocenters. The predicted molar refractivity (Wildman–Crippen MR) is 92.7 cm³/mol. The monoisotopic (exact) mass is 350 g/mol. The second kappa shape index (κ2) is 7.00. The number of hydrogen-bond acceptors (Lipinski definition) is 6. The van der Waals surface area contributed by atoms with Crippen molar-refractivity contribution in [2.45, 2.75) is 12.8 Å². The molecule has 0 saturated carbocycles. The van der Waals surface area contributed by atoms with E-state index in [-0.39, 0.29) is 22.4 Å². The molecule has 0 spiro atoms. The summed E-state index contributed by atoms with van der Waals surface area (Å²) in [5.74, 6) is -0.363. The molecular weight excluding hydrogens is 328 g/mol. The molecular formula is C16H22N4O3S. The molecule has 8 heteroatoms.